The maximum Gasteiger partial charge on any atom is 0.254 e. The molecule has 34 heavy (non-hydrogen) atoms. The molecule has 0 saturated carbocycles. The second-order valence-corrected chi connectivity index (χ2v) is 8.39. The molecule has 4 aromatic heterocycles. The Bertz CT molecular complexity index is 1590. The summed E-state index contributed by atoms with van der Waals surface area (Å²) >= 11 is 0. The van der Waals surface area contributed by atoms with Gasteiger partial charge in [-0.05, 0) is 36.4 Å². The van der Waals surface area contributed by atoms with Gasteiger partial charge in [0.2, 0.25) is 5.88 Å². The standard InChI is InChI=1S/C25H21N7O2/c1-31-12-15(10-28-31)20-6-4-17-22(13-34-24(17)30-20)32(2)25(33)14-3-5-21-18(9-14)19-11-27-8-7-16(19)23(26)29-21/h3-12,22H,13H2,1-2H3,(H2,26,29). The van der Waals surface area contributed by atoms with Crippen LogP contribution in [0.4, 0.5) is 5.82 Å². The van der Waals surface area contributed by atoms with Crippen LogP contribution >= 0.6 is 0 Å². The lowest BCUT2D eigenvalue weighted by molar-refractivity contribution is 0.0708. The minimum Gasteiger partial charge on any atom is -0.475 e. The number of amides is 1. The predicted octanol–water partition coefficient (Wildman–Crippen LogP) is 3.37. The van der Waals surface area contributed by atoms with Crippen LogP contribution < -0.4 is 10.5 Å². The van der Waals surface area contributed by atoms with Gasteiger partial charge in [0.1, 0.15) is 12.4 Å². The fraction of sp³-hybridized carbons (Fsp3) is 0.160. The Morgan fingerprint density at radius 3 is 2.82 bits per heavy atom. The Labute approximate surface area is 194 Å². The number of hydrogen-bond donors (Lipinski definition) is 1. The number of aryl methyl sites for hydroxylation is 1. The molecule has 5 heterocycles. The first kappa shape index (κ1) is 20.1. The van der Waals surface area contributed by atoms with Crippen LogP contribution in [0.5, 0.6) is 5.88 Å². The molecule has 1 aliphatic rings. The van der Waals surface area contributed by atoms with Crippen molar-refractivity contribution in [2.24, 2.45) is 7.05 Å². The number of rotatable bonds is 3. The Hall–Kier alpha value is -4.53. The van der Waals surface area contributed by atoms with Gasteiger partial charge in [-0.25, -0.2) is 9.97 Å². The molecule has 0 radical (unpaired) electrons. The number of aromatic nitrogens is 5. The second kappa shape index (κ2) is 7.51. The summed E-state index contributed by atoms with van der Waals surface area (Å²) in [5.41, 5.74) is 9.96. The summed E-state index contributed by atoms with van der Waals surface area (Å²) < 4.78 is 7.59. The van der Waals surface area contributed by atoms with Crippen LogP contribution in [0.2, 0.25) is 0 Å². The van der Waals surface area contributed by atoms with E-state index in [1.807, 2.05) is 43.6 Å². The monoisotopic (exact) mass is 451 g/mol. The van der Waals surface area contributed by atoms with Crippen LogP contribution in [-0.4, -0.2) is 49.2 Å². The normalized spacial score (nSPS) is 14.8. The lowest BCUT2D eigenvalue weighted by Gasteiger charge is -2.23. The number of carbonyl (C=O) groups excluding carboxylic acids is 1. The van der Waals surface area contributed by atoms with E-state index in [1.54, 1.807) is 41.3 Å². The number of fused-ring (bicyclic) bond motifs is 4. The van der Waals surface area contributed by atoms with Crippen molar-refractivity contribution in [3.8, 4) is 17.1 Å². The average molecular weight is 451 g/mol. The number of ether oxygens (including phenoxy) is 1. The van der Waals surface area contributed by atoms with Crippen molar-refractivity contribution >= 4 is 33.4 Å². The van der Waals surface area contributed by atoms with E-state index in [-0.39, 0.29) is 11.9 Å². The van der Waals surface area contributed by atoms with E-state index in [0.717, 1.165) is 38.5 Å². The first-order valence-corrected chi connectivity index (χ1v) is 10.8. The molecule has 0 saturated heterocycles. The van der Waals surface area contributed by atoms with Gasteiger partial charge in [0.15, 0.2) is 0 Å². The number of pyridine rings is 3. The topological polar surface area (TPSA) is 112 Å². The molecule has 1 aromatic carbocycles. The number of benzene rings is 1. The number of anilines is 1. The predicted molar refractivity (Wildman–Crippen MR) is 128 cm³/mol. The second-order valence-electron chi connectivity index (χ2n) is 8.39. The summed E-state index contributed by atoms with van der Waals surface area (Å²) in [6.07, 6.45) is 7.09. The molecule has 0 bridgehead atoms. The third-order valence-electron chi connectivity index (χ3n) is 6.29. The Morgan fingerprint density at radius 1 is 1.12 bits per heavy atom. The molecule has 5 aromatic rings. The SMILES string of the molecule is CN(C(=O)c1ccc2nc(N)c3ccncc3c2c1)C1COc2nc(-c3cnn(C)c3)ccc21. The van der Waals surface area contributed by atoms with Crippen molar-refractivity contribution in [1.82, 2.24) is 29.6 Å². The van der Waals surface area contributed by atoms with Gasteiger partial charge >= 0.3 is 0 Å². The Balaban J connectivity index is 1.33. The van der Waals surface area contributed by atoms with Crippen molar-refractivity contribution in [3.05, 3.63) is 72.3 Å². The number of likely N-dealkylation sites (N-methyl/N-ethyl adjacent to an activating group) is 1. The molecule has 9 heteroatoms. The largest absolute Gasteiger partial charge is 0.475 e. The molecule has 6 rings (SSSR count). The Morgan fingerprint density at radius 2 is 2.00 bits per heavy atom. The van der Waals surface area contributed by atoms with Gasteiger partial charge in [-0.1, -0.05) is 0 Å². The van der Waals surface area contributed by atoms with Gasteiger partial charge in [-0.2, -0.15) is 5.10 Å². The molecule has 9 nitrogen and oxygen atoms in total. The smallest absolute Gasteiger partial charge is 0.254 e. The van der Waals surface area contributed by atoms with E-state index in [9.17, 15) is 4.79 Å². The van der Waals surface area contributed by atoms with Gasteiger partial charge < -0.3 is 15.4 Å². The van der Waals surface area contributed by atoms with Crippen LogP contribution in [0.1, 0.15) is 22.0 Å². The fourth-order valence-electron chi connectivity index (χ4n) is 4.45. The summed E-state index contributed by atoms with van der Waals surface area (Å²) in [5, 5.41) is 6.71. The van der Waals surface area contributed by atoms with Gasteiger partial charge in [0.25, 0.3) is 5.91 Å². The quantitative estimate of drug-likeness (QED) is 0.419. The van der Waals surface area contributed by atoms with E-state index in [2.05, 4.69) is 20.1 Å². The van der Waals surface area contributed by atoms with Gasteiger partial charge in [0, 0.05) is 65.5 Å². The summed E-state index contributed by atoms with van der Waals surface area (Å²) in [7, 11) is 3.65. The van der Waals surface area contributed by atoms with E-state index in [1.165, 1.54) is 0 Å². The molecule has 1 amide bonds. The van der Waals surface area contributed by atoms with E-state index in [0.29, 0.717) is 23.9 Å². The highest BCUT2D eigenvalue weighted by Crippen LogP contribution is 2.37. The highest BCUT2D eigenvalue weighted by molar-refractivity contribution is 6.11. The fourth-order valence-corrected chi connectivity index (χ4v) is 4.45. The molecule has 168 valence electrons. The number of nitrogens with two attached hydrogens (primary N) is 1. The van der Waals surface area contributed by atoms with Gasteiger partial charge in [-0.15, -0.1) is 0 Å². The van der Waals surface area contributed by atoms with Crippen LogP contribution in [0.15, 0.2) is 61.2 Å². The maximum absolute atomic E-state index is 13.5. The molecule has 2 N–H and O–H groups in total. The van der Waals surface area contributed by atoms with Crippen molar-refractivity contribution in [2.75, 3.05) is 19.4 Å². The third-order valence-corrected chi connectivity index (χ3v) is 6.29. The van der Waals surface area contributed by atoms with Crippen molar-refractivity contribution in [2.45, 2.75) is 6.04 Å². The van der Waals surface area contributed by atoms with E-state index >= 15 is 0 Å². The molecule has 0 spiro atoms. The highest BCUT2D eigenvalue weighted by Gasteiger charge is 2.32. The van der Waals surface area contributed by atoms with Crippen molar-refractivity contribution < 1.29 is 9.53 Å². The first-order valence-electron chi connectivity index (χ1n) is 10.8. The van der Waals surface area contributed by atoms with Crippen LogP contribution in [0, 0.1) is 0 Å². The summed E-state index contributed by atoms with van der Waals surface area (Å²) in [4.78, 5) is 28.5. The van der Waals surface area contributed by atoms with Gasteiger partial charge in [-0.3, -0.25) is 14.5 Å². The third kappa shape index (κ3) is 3.13. The zero-order valence-corrected chi connectivity index (χ0v) is 18.6. The minimum atomic E-state index is -0.239. The van der Waals surface area contributed by atoms with Gasteiger partial charge in [0.05, 0.1) is 23.4 Å². The van der Waals surface area contributed by atoms with Crippen LogP contribution in [0.25, 0.3) is 32.9 Å². The number of nitrogen functional groups attached to an aromatic ring is 1. The van der Waals surface area contributed by atoms with Crippen LogP contribution in [0.3, 0.4) is 0 Å². The molecule has 1 unspecified atom stereocenters. The molecule has 1 aliphatic heterocycles. The van der Waals surface area contributed by atoms with Crippen LogP contribution in [-0.2, 0) is 7.05 Å². The lowest BCUT2D eigenvalue weighted by Crippen LogP contribution is -2.32. The first-order chi connectivity index (χ1) is 16.5. The zero-order valence-electron chi connectivity index (χ0n) is 18.6. The highest BCUT2D eigenvalue weighted by atomic mass is 16.5. The minimum absolute atomic E-state index is 0.117. The van der Waals surface area contributed by atoms with Crippen molar-refractivity contribution in [3.63, 3.8) is 0 Å². The summed E-state index contributed by atoms with van der Waals surface area (Å²) in [5.74, 6) is 0.869. The molecule has 0 aliphatic carbocycles. The molecule has 1 atom stereocenters. The number of carbonyl (C=O) groups is 1. The van der Waals surface area contributed by atoms with E-state index in [4.69, 9.17) is 10.5 Å². The summed E-state index contributed by atoms with van der Waals surface area (Å²) in [6.45, 7) is 0.347. The number of hydrogen-bond acceptors (Lipinski definition) is 7. The molecular weight excluding hydrogens is 430 g/mol. The molecular formula is C25H21N7O2. The zero-order chi connectivity index (χ0) is 23.4. The maximum atomic E-state index is 13.5. The van der Waals surface area contributed by atoms with Crippen molar-refractivity contribution in [1.29, 1.82) is 0 Å². The summed E-state index contributed by atoms with van der Waals surface area (Å²) in [6, 6.07) is 10.9. The lowest BCUT2D eigenvalue weighted by atomic mass is 10.0. The number of nitrogens with zero attached hydrogens (tertiary/aromatic N) is 6. The molecule has 0 fully saturated rings. The Kier molecular flexibility index (Phi) is 4.44. The van der Waals surface area contributed by atoms with E-state index < -0.39 is 0 Å². The average Bonchev–Trinajstić information content (AvgIpc) is 3.49.